The first-order valence-corrected chi connectivity index (χ1v) is 7.15. The molecule has 1 fully saturated rings. The van der Waals surface area contributed by atoms with Gasteiger partial charge >= 0.3 is 5.97 Å². The largest absolute Gasteiger partial charge is 0.481 e. The number of rotatable bonds is 3. The lowest BCUT2D eigenvalue weighted by Crippen LogP contribution is -2.34. The molecule has 1 aliphatic heterocycles. The second kappa shape index (κ2) is 6.10. The van der Waals surface area contributed by atoms with Crippen molar-refractivity contribution in [3.63, 3.8) is 0 Å². The zero-order chi connectivity index (χ0) is 15.5. The lowest BCUT2D eigenvalue weighted by Gasteiger charge is -2.22. The molecule has 22 heavy (non-hydrogen) atoms. The number of aryl methyl sites for hydroxylation is 1. The van der Waals surface area contributed by atoms with Crippen LogP contribution in [-0.4, -0.2) is 57.0 Å². The van der Waals surface area contributed by atoms with Gasteiger partial charge in [0.25, 0.3) is 0 Å². The van der Waals surface area contributed by atoms with Crippen molar-refractivity contribution in [1.82, 2.24) is 25.1 Å². The Hall–Kier alpha value is -2.48. The molecule has 1 atom stereocenters. The highest BCUT2D eigenvalue weighted by Crippen LogP contribution is 2.18. The molecule has 0 amide bonds. The molecule has 2 aromatic heterocycles. The minimum atomic E-state index is -0.794. The number of hydrogen-bond donors (Lipinski definition) is 2. The van der Waals surface area contributed by atoms with Gasteiger partial charge in [-0.05, 0) is 12.1 Å². The SMILES string of the molecule is Cn1ccnc1-c1ccc(N2CCNC[C@H](C(=O)O)C2)nn1. The van der Waals surface area contributed by atoms with Gasteiger partial charge < -0.3 is 19.9 Å². The van der Waals surface area contributed by atoms with E-state index in [1.54, 1.807) is 6.20 Å². The quantitative estimate of drug-likeness (QED) is 0.823. The van der Waals surface area contributed by atoms with Crippen molar-refractivity contribution in [1.29, 1.82) is 0 Å². The van der Waals surface area contributed by atoms with Crippen LogP contribution in [0.25, 0.3) is 11.5 Å². The lowest BCUT2D eigenvalue weighted by atomic mass is 10.1. The Morgan fingerprint density at radius 1 is 1.41 bits per heavy atom. The van der Waals surface area contributed by atoms with E-state index in [1.165, 1.54) is 0 Å². The van der Waals surface area contributed by atoms with Crippen LogP contribution in [0.1, 0.15) is 0 Å². The fourth-order valence-electron chi connectivity index (χ4n) is 2.51. The maximum absolute atomic E-state index is 11.2. The molecule has 3 rings (SSSR count). The third-order valence-corrected chi connectivity index (χ3v) is 3.76. The monoisotopic (exact) mass is 302 g/mol. The fraction of sp³-hybridized carbons (Fsp3) is 0.429. The summed E-state index contributed by atoms with van der Waals surface area (Å²) in [4.78, 5) is 17.4. The van der Waals surface area contributed by atoms with Gasteiger partial charge in [0.15, 0.2) is 11.6 Å². The predicted octanol–water partition coefficient (Wildman–Crippen LogP) is -0.0125. The highest BCUT2D eigenvalue weighted by atomic mass is 16.4. The summed E-state index contributed by atoms with van der Waals surface area (Å²) in [5, 5.41) is 20.8. The van der Waals surface area contributed by atoms with E-state index >= 15 is 0 Å². The molecule has 0 aromatic carbocycles. The van der Waals surface area contributed by atoms with Gasteiger partial charge in [-0.1, -0.05) is 0 Å². The molecule has 8 nitrogen and oxygen atoms in total. The van der Waals surface area contributed by atoms with E-state index in [-0.39, 0.29) is 0 Å². The average molecular weight is 302 g/mol. The molecule has 0 saturated carbocycles. The number of nitrogens with zero attached hydrogens (tertiary/aromatic N) is 5. The summed E-state index contributed by atoms with van der Waals surface area (Å²) < 4.78 is 1.87. The van der Waals surface area contributed by atoms with Crippen molar-refractivity contribution in [2.75, 3.05) is 31.1 Å². The van der Waals surface area contributed by atoms with E-state index in [1.807, 2.05) is 34.8 Å². The van der Waals surface area contributed by atoms with Gasteiger partial charge in [-0.2, -0.15) is 0 Å². The maximum Gasteiger partial charge on any atom is 0.309 e. The van der Waals surface area contributed by atoms with Crippen LogP contribution in [0, 0.1) is 5.92 Å². The molecule has 0 spiro atoms. The second-order valence-corrected chi connectivity index (χ2v) is 5.32. The standard InChI is InChI=1S/C14H18N6O2/c1-19-6-5-16-13(19)11-2-3-12(18-17-11)20-7-4-15-8-10(9-20)14(21)22/h2-3,5-6,10,15H,4,7-9H2,1H3,(H,21,22)/t10-/m0/s1. The van der Waals surface area contributed by atoms with Crippen LogP contribution < -0.4 is 10.2 Å². The third kappa shape index (κ3) is 2.91. The summed E-state index contributed by atoms with van der Waals surface area (Å²) >= 11 is 0. The van der Waals surface area contributed by atoms with Crippen molar-refractivity contribution in [2.45, 2.75) is 0 Å². The van der Waals surface area contributed by atoms with Gasteiger partial charge in [0.1, 0.15) is 5.69 Å². The Kier molecular flexibility index (Phi) is 4.01. The van der Waals surface area contributed by atoms with Crippen LogP contribution >= 0.6 is 0 Å². The number of aromatic nitrogens is 4. The summed E-state index contributed by atoms with van der Waals surface area (Å²) in [5.41, 5.74) is 0.694. The van der Waals surface area contributed by atoms with Crippen molar-refractivity contribution in [3.8, 4) is 11.5 Å². The van der Waals surface area contributed by atoms with Crippen LogP contribution in [0.5, 0.6) is 0 Å². The fourth-order valence-corrected chi connectivity index (χ4v) is 2.51. The van der Waals surface area contributed by atoms with Crippen molar-refractivity contribution < 1.29 is 9.90 Å². The van der Waals surface area contributed by atoms with Crippen LogP contribution in [0.4, 0.5) is 5.82 Å². The van der Waals surface area contributed by atoms with Crippen molar-refractivity contribution >= 4 is 11.8 Å². The molecule has 116 valence electrons. The number of nitrogens with one attached hydrogen (secondary N) is 1. The minimum absolute atomic E-state index is 0.429. The molecule has 0 aliphatic carbocycles. The first-order valence-electron chi connectivity index (χ1n) is 7.15. The molecule has 0 radical (unpaired) electrons. The molecule has 0 bridgehead atoms. The molecule has 0 unspecified atom stereocenters. The van der Waals surface area contributed by atoms with Crippen molar-refractivity contribution in [2.24, 2.45) is 13.0 Å². The van der Waals surface area contributed by atoms with Crippen LogP contribution in [0.2, 0.25) is 0 Å². The topological polar surface area (TPSA) is 96.2 Å². The van der Waals surface area contributed by atoms with Gasteiger partial charge in [0, 0.05) is 45.6 Å². The number of aliphatic carboxylic acids is 1. The number of carboxylic acids is 1. The average Bonchev–Trinajstić information content (AvgIpc) is 2.80. The molecule has 2 aromatic rings. The second-order valence-electron chi connectivity index (χ2n) is 5.32. The summed E-state index contributed by atoms with van der Waals surface area (Å²) in [6.45, 7) is 2.34. The zero-order valence-corrected chi connectivity index (χ0v) is 12.3. The highest BCUT2D eigenvalue weighted by molar-refractivity contribution is 5.71. The molecule has 1 saturated heterocycles. The number of imidazole rings is 1. The summed E-state index contributed by atoms with van der Waals surface area (Å²) in [7, 11) is 1.90. The van der Waals surface area contributed by atoms with E-state index in [9.17, 15) is 9.90 Å². The summed E-state index contributed by atoms with van der Waals surface area (Å²) in [6.07, 6.45) is 3.56. The number of hydrogen-bond acceptors (Lipinski definition) is 6. The van der Waals surface area contributed by atoms with Crippen LogP contribution in [0.15, 0.2) is 24.5 Å². The normalized spacial score (nSPS) is 19.0. The van der Waals surface area contributed by atoms with Crippen LogP contribution in [-0.2, 0) is 11.8 Å². The number of carbonyl (C=O) groups is 1. The summed E-state index contributed by atoms with van der Waals surface area (Å²) in [6, 6.07) is 3.72. The predicted molar refractivity (Wildman–Crippen MR) is 80.4 cm³/mol. The molecule has 1 aliphatic rings. The van der Waals surface area contributed by atoms with Gasteiger partial charge in [-0.3, -0.25) is 4.79 Å². The van der Waals surface area contributed by atoms with Crippen LogP contribution in [0.3, 0.4) is 0 Å². The Bertz CT molecular complexity index is 654. The van der Waals surface area contributed by atoms with Gasteiger partial charge in [-0.15, -0.1) is 10.2 Å². The lowest BCUT2D eigenvalue weighted by molar-refractivity contribution is -0.141. The first-order chi connectivity index (χ1) is 10.6. The molecule has 2 N–H and O–H groups in total. The Balaban J connectivity index is 1.80. The van der Waals surface area contributed by atoms with E-state index < -0.39 is 11.9 Å². The zero-order valence-electron chi connectivity index (χ0n) is 12.3. The van der Waals surface area contributed by atoms with Gasteiger partial charge in [-0.25, -0.2) is 4.98 Å². The van der Waals surface area contributed by atoms with E-state index in [0.717, 1.165) is 12.4 Å². The Morgan fingerprint density at radius 3 is 2.91 bits per heavy atom. The van der Waals surface area contributed by atoms with Gasteiger partial charge in [0.05, 0.1) is 5.92 Å². The smallest absolute Gasteiger partial charge is 0.309 e. The molecule has 8 heteroatoms. The Morgan fingerprint density at radius 2 is 2.27 bits per heavy atom. The number of anilines is 1. The van der Waals surface area contributed by atoms with Gasteiger partial charge in [0.2, 0.25) is 0 Å². The first kappa shape index (κ1) is 14.5. The van der Waals surface area contributed by atoms with E-state index in [4.69, 9.17) is 0 Å². The summed E-state index contributed by atoms with van der Waals surface area (Å²) in [5.74, 6) is 0.198. The molecular weight excluding hydrogens is 284 g/mol. The highest BCUT2D eigenvalue weighted by Gasteiger charge is 2.24. The van der Waals surface area contributed by atoms with Crippen molar-refractivity contribution in [3.05, 3.63) is 24.5 Å². The van der Waals surface area contributed by atoms with E-state index in [2.05, 4.69) is 20.5 Å². The third-order valence-electron chi connectivity index (χ3n) is 3.76. The molecular formula is C14H18N6O2. The molecule has 3 heterocycles. The Labute approximate surface area is 127 Å². The minimum Gasteiger partial charge on any atom is -0.481 e. The number of carboxylic acid groups (broad SMARTS) is 1. The van der Waals surface area contributed by atoms with E-state index in [0.29, 0.717) is 31.1 Å². The maximum atomic E-state index is 11.2.